The first-order chi connectivity index (χ1) is 15.0. The highest BCUT2D eigenvalue weighted by molar-refractivity contribution is 5.80. The number of hydrogen-bond donors (Lipinski definition) is 3. The van der Waals surface area contributed by atoms with E-state index in [4.69, 9.17) is 19.3 Å². The maximum atomic E-state index is 10.8. The number of carboxylic acids is 1. The molecule has 0 spiro atoms. The van der Waals surface area contributed by atoms with Crippen LogP contribution < -0.4 is 19.5 Å². The van der Waals surface area contributed by atoms with Crippen LogP contribution in [0.3, 0.4) is 0 Å². The summed E-state index contributed by atoms with van der Waals surface area (Å²) in [7, 11) is 1.49. The number of aliphatic carboxylic acids is 1. The smallest absolute Gasteiger partial charge is 0.303 e. The van der Waals surface area contributed by atoms with Gasteiger partial charge in [-0.2, -0.15) is 0 Å². The second-order valence-corrected chi connectivity index (χ2v) is 6.98. The van der Waals surface area contributed by atoms with E-state index in [1.807, 2.05) is 30.3 Å². The van der Waals surface area contributed by atoms with Crippen LogP contribution in [0.5, 0.6) is 23.0 Å². The molecule has 0 fully saturated rings. The van der Waals surface area contributed by atoms with Crippen molar-refractivity contribution in [1.82, 2.24) is 4.98 Å². The summed E-state index contributed by atoms with van der Waals surface area (Å²) >= 11 is 0. The van der Waals surface area contributed by atoms with Crippen LogP contribution in [0.4, 0.5) is 5.82 Å². The minimum atomic E-state index is -0.836. The fourth-order valence-corrected chi connectivity index (χ4v) is 3.38. The number of aromatic nitrogens is 1. The van der Waals surface area contributed by atoms with Gasteiger partial charge in [0.15, 0.2) is 23.0 Å². The summed E-state index contributed by atoms with van der Waals surface area (Å²) in [4.78, 5) is 15.5. The summed E-state index contributed by atoms with van der Waals surface area (Å²) in [5, 5.41) is 22.0. The number of aromatic hydroxyl groups is 1. The predicted octanol–water partition coefficient (Wildman–Crippen LogP) is 4.14. The quantitative estimate of drug-likeness (QED) is 0.465. The highest BCUT2D eigenvalue weighted by atomic mass is 16.7. The first kappa shape index (κ1) is 20.3. The minimum Gasteiger partial charge on any atom is -0.504 e. The molecule has 31 heavy (non-hydrogen) atoms. The van der Waals surface area contributed by atoms with Crippen LogP contribution in [0.25, 0.3) is 22.4 Å². The van der Waals surface area contributed by atoms with E-state index >= 15 is 0 Å². The number of nitrogens with zero attached hydrogens (tertiary/aromatic N) is 1. The zero-order valence-electron chi connectivity index (χ0n) is 16.9. The van der Waals surface area contributed by atoms with Gasteiger partial charge in [-0.25, -0.2) is 4.98 Å². The number of carbonyl (C=O) groups is 1. The Balaban J connectivity index is 1.74. The van der Waals surface area contributed by atoms with Gasteiger partial charge < -0.3 is 29.7 Å². The molecule has 0 saturated heterocycles. The van der Waals surface area contributed by atoms with Crippen molar-refractivity contribution in [2.24, 2.45) is 0 Å². The van der Waals surface area contributed by atoms with Gasteiger partial charge in [-0.3, -0.25) is 4.79 Å². The lowest BCUT2D eigenvalue weighted by Gasteiger charge is -2.13. The Kier molecular flexibility index (Phi) is 5.79. The maximum absolute atomic E-state index is 10.8. The Morgan fingerprint density at radius 3 is 2.84 bits per heavy atom. The molecule has 2 heterocycles. The van der Waals surface area contributed by atoms with Crippen LogP contribution >= 0.6 is 0 Å². The van der Waals surface area contributed by atoms with E-state index in [2.05, 4.69) is 10.3 Å². The summed E-state index contributed by atoms with van der Waals surface area (Å²) in [5.74, 6) is 1.50. The molecular weight excluding hydrogens is 400 g/mol. The molecule has 3 aromatic rings. The molecule has 2 aromatic carbocycles. The molecule has 3 N–H and O–H groups in total. The van der Waals surface area contributed by atoms with Crippen LogP contribution in [0, 0.1) is 0 Å². The molecule has 0 saturated carbocycles. The molecule has 4 rings (SSSR count). The molecule has 1 aliphatic heterocycles. The van der Waals surface area contributed by atoms with Crippen molar-refractivity contribution < 1.29 is 29.2 Å². The van der Waals surface area contributed by atoms with Crippen molar-refractivity contribution in [2.75, 3.05) is 25.8 Å². The molecule has 0 bridgehead atoms. The van der Waals surface area contributed by atoms with Crippen molar-refractivity contribution in [1.29, 1.82) is 0 Å². The summed E-state index contributed by atoms with van der Waals surface area (Å²) in [5.41, 5.74) is 3.14. The van der Waals surface area contributed by atoms with E-state index in [1.165, 1.54) is 7.11 Å². The number of anilines is 1. The lowest BCUT2D eigenvalue weighted by molar-refractivity contribution is -0.137. The van der Waals surface area contributed by atoms with Gasteiger partial charge in [-0.1, -0.05) is 12.1 Å². The van der Waals surface area contributed by atoms with Crippen molar-refractivity contribution in [3.8, 4) is 45.4 Å². The highest BCUT2D eigenvalue weighted by Gasteiger charge is 2.19. The average molecular weight is 422 g/mol. The number of phenolic OH excluding ortho intramolecular Hbond substituents is 1. The maximum Gasteiger partial charge on any atom is 0.303 e. The van der Waals surface area contributed by atoms with Crippen LogP contribution in [0.15, 0.2) is 48.5 Å². The third-order valence-corrected chi connectivity index (χ3v) is 4.88. The van der Waals surface area contributed by atoms with E-state index in [-0.39, 0.29) is 19.0 Å². The largest absolute Gasteiger partial charge is 0.504 e. The predicted molar refractivity (Wildman–Crippen MR) is 115 cm³/mol. The zero-order valence-corrected chi connectivity index (χ0v) is 16.9. The van der Waals surface area contributed by atoms with Gasteiger partial charge >= 0.3 is 5.97 Å². The third kappa shape index (κ3) is 4.48. The molecular formula is C23H22N2O6. The number of ether oxygens (including phenoxy) is 3. The molecule has 0 atom stereocenters. The minimum absolute atomic E-state index is 0.0425. The molecule has 0 aliphatic carbocycles. The summed E-state index contributed by atoms with van der Waals surface area (Å²) in [6, 6.07) is 14.5. The van der Waals surface area contributed by atoms with Crippen LogP contribution in [0.2, 0.25) is 0 Å². The Morgan fingerprint density at radius 2 is 2.03 bits per heavy atom. The van der Waals surface area contributed by atoms with E-state index in [9.17, 15) is 9.90 Å². The zero-order chi connectivity index (χ0) is 21.8. The van der Waals surface area contributed by atoms with Crippen molar-refractivity contribution in [2.45, 2.75) is 12.8 Å². The van der Waals surface area contributed by atoms with E-state index < -0.39 is 5.97 Å². The number of nitrogens with one attached hydrogen (secondary N) is 1. The van der Waals surface area contributed by atoms with Crippen LogP contribution in [-0.2, 0) is 4.79 Å². The van der Waals surface area contributed by atoms with Crippen LogP contribution in [0.1, 0.15) is 12.8 Å². The molecule has 0 radical (unpaired) electrons. The summed E-state index contributed by atoms with van der Waals surface area (Å²) in [6.45, 7) is 0.632. The number of para-hydroxylation sites is 1. The topological polar surface area (TPSA) is 110 Å². The molecule has 0 unspecified atom stereocenters. The first-order valence-corrected chi connectivity index (χ1v) is 9.79. The first-order valence-electron chi connectivity index (χ1n) is 9.79. The Labute approximate surface area is 179 Å². The lowest BCUT2D eigenvalue weighted by Crippen LogP contribution is -2.06. The average Bonchev–Trinajstić information content (AvgIpc) is 3.26. The van der Waals surface area contributed by atoms with Gasteiger partial charge in [0.25, 0.3) is 0 Å². The van der Waals surface area contributed by atoms with E-state index in [1.54, 1.807) is 18.2 Å². The molecule has 8 nitrogen and oxygen atoms in total. The molecule has 1 aliphatic rings. The number of rotatable bonds is 8. The molecule has 1 aromatic heterocycles. The van der Waals surface area contributed by atoms with Gasteiger partial charge in [0.1, 0.15) is 5.82 Å². The second-order valence-electron chi connectivity index (χ2n) is 6.98. The number of benzene rings is 2. The monoisotopic (exact) mass is 422 g/mol. The number of fused-ring (bicyclic) bond motifs is 1. The number of carboxylic acid groups (broad SMARTS) is 1. The number of phenols is 1. The second kappa shape index (κ2) is 8.83. The normalized spacial score (nSPS) is 11.9. The van der Waals surface area contributed by atoms with Crippen molar-refractivity contribution in [3.05, 3.63) is 48.5 Å². The Bertz CT molecular complexity index is 1120. The van der Waals surface area contributed by atoms with Crippen molar-refractivity contribution >= 4 is 11.8 Å². The number of hydrogen-bond acceptors (Lipinski definition) is 7. The Morgan fingerprint density at radius 1 is 1.16 bits per heavy atom. The molecule has 0 amide bonds. The number of pyridine rings is 1. The van der Waals surface area contributed by atoms with Crippen LogP contribution in [-0.4, -0.2) is 41.6 Å². The summed E-state index contributed by atoms with van der Waals surface area (Å²) < 4.78 is 16.4. The van der Waals surface area contributed by atoms with Gasteiger partial charge in [-0.05, 0) is 48.4 Å². The summed E-state index contributed by atoms with van der Waals surface area (Å²) in [6.07, 6.45) is 0.549. The third-order valence-electron chi connectivity index (χ3n) is 4.88. The fraction of sp³-hybridized carbons (Fsp3) is 0.217. The van der Waals surface area contributed by atoms with Crippen molar-refractivity contribution in [3.63, 3.8) is 0 Å². The lowest BCUT2D eigenvalue weighted by atomic mass is 10.0. The van der Waals surface area contributed by atoms with E-state index in [0.29, 0.717) is 41.7 Å². The molecule has 8 heteroatoms. The van der Waals surface area contributed by atoms with Gasteiger partial charge in [0.2, 0.25) is 6.79 Å². The van der Waals surface area contributed by atoms with Gasteiger partial charge in [0.05, 0.1) is 12.8 Å². The molecule has 160 valence electrons. The standard InChI is InChI=1S/C23H22N2O6/c1-29-20-11-14(7-8-18(20)26)17-10-15(12-21(25-17)24-9-3-6-22(27)28)16-4-2-5-19-23(16)31-13-30-19/h2,4-5,7-8,10-12,26H,3,6,9,13H2,1H3,(H,24,25)(H,27,28). The van der Waals surface area contributed by atoms with E-state index in [0.717, 1.165) is 16.7 Å². The highest BCUT2D eigenvalue weighted by Crippen LogP contribution is 2.42. The fourth-order valence-electron chi connectivity index (χ4n) is 3.38. The SMILES string of the molecule is COc1cc(-c2cc(-c3cccc4c3OCO4)cc(NCCCC(=O)O)n2)ccc1O. The van der Waals surface area contributed by atoms with Gasteiger partial charge in [-0.15, -0.1) is 0 Å². The Hall–Kier alpha value is -3.94. The number of methoxy groups -OCH3 is 1. The van der Waals surface area contributed by atoms with Gasteiger partial charge in [0, 0.05) is 24.1 Å².